The maximum absolute atomic E-state index is 13.0. The lowest BCUT2D eigenvalue weighted by atomic mass is 10.1. The number of rotatable bonds is 9. The Hall–Kier alpha value is -2.28. The van der Waals surface area contributed by atoms with Crippen LogP contribution in [0.2, 0.25) is 0 Å². The normalized spacial score (nSPS) is 16.0. The molecule has 2 aromatic carbocycles. The molecule has 1 N–H and O–H groups in total. The van der Waals surface area contributed by atoms with Crippen LogP contribution in [-0.2, 0) is 16.1 Å². The molecule has 5 nitrogen and oxygen atoms in total. The predicted molar refractivity (Wildman–Crippen MR) is 113 cm³/mol. The monoisotopic (exact) mass is 399 g/mol. The summed E-state index contributed by atoms with van der Waals surface area (Å²) < 4.78 is 18.5. The van der Waals surface area contributed by atoms with Gasteiger partial charge < -0.3 is 10.1 Å². The molecule has 0 aromatic heterocycles. The van der Waals surface area contributed by atoms with Gasteiger partial charge in [-0.1, -0.05) is 30.3 Å². The highest BCUT2D eigenvalue weighted by molar-refractivity contribution is 5.90. The zero-order chi connectivity index (χ0) is 20.5. The highest BCUT2D eigenvalue weighted by atomic mass is 19.1. The number of halogens is 1. The van der Waals surface area contributed by atoms with Gasteiger partial charge in [-0.25, -0.2) is 4.39 Å². The van der Waals surface area contributed by atoms with E-state index in [9.17, 15) is 9.18 Å². The average molecular weight is 400 g/mol. The van der Waals surface area contributed by atoms with E-state index >= 15 is 0 Å². The van der Waals surface area contributed by atoms with Gasteiger partial charge in [0.15, 0.2) is 0 Å². The molecule has 0 spiro atoms. The fourth-order valence-electron chi connectivity index (χ4n) is 3.55. The van der Waals surface area contributed by atoms with E-state index in [1.165, 1.54) is 17.7 Å². The summed E-state index contributed by atoms with van der Waals surface area (Å²) in [6, 6.07) is 16.5. The van der Waals surface area contributed by atoms with Crippen molar-refractivity contribution in [3.05, 3.63) is 66.0 Å². The van der Waals surface area contributed by atoms with E-state index in [1.807, 2.05) is 18.2 Å². The van der Waals surface area contributed by atoms with Gasteiger partial charge in [0.1, 0.15) is 5.82 Å². The molecule has 29 heavy (non-hydrogen) atoms. The third-order valence-corrected chi connectivity index (χ3v) is 5.23. The molecule has 1 aliphatic heterocycles. The van der Waals surface area contributed by atoms with E-state index in [2.05, 4.69) is 34.2 Å². The Morgan fingerprint density at radius 2 is 1.83 bits per heavy atom. The number of benzene rings is 2. The van der Waals surface area contributed by atoms with E-state index in [0.717, 1.165) is 39.4 Å². The summed E-state index contributed by atoms with van der Waals surface area (Å²) >= 11 is 0. The van der Waals surface area contributed by atoms with Crippen LogP contribution in [0.5, 0.6) is 0 Å². The molecule has 0 aliphatic carbocycles. The summed E-state index contributed by atoms with van der Waals surface area (Å²) in [5, 5.41) is 2.85. The van der Waals surface area contributed by atoms with Crippen LogP contribution in [0, 0.1) is 5.82 Å². The summed E-state index contributed by atoms with van der Waals surface area (Å²) in [5.74, 6) is -0.373. The fourth-order valence-corrected chi connectivity index (χ4v) is 3.55. The first-order valence-electron chi connectivity index (χ1n) is 10.2. The molecule has 0 bridgehead atoms. The van der Waals surface area contributed by atoms with Gasteiger partial charge in [-0.2, -0.15) is 0 Å². The predicted octanol–water partition coefficient (Wildman–Crippen LogP) is 3.38. The van der Waals surface area contributed by atoms with Crippen LogP contribution in [0.4, 0.5) is 10.1 Å². The minimum absolute atomic E-state index is 0.0618. The maximum atomic E-state index is 13.0. The molecule has 0 saturated carbocycles. The Morgan fingerprint density at radius 3 is 2.52 bits per heavy atom. The van der Waals surface area contributed by atoms with Gasteiger partial charge in [-0.05, 0) is 36.8 Å². The summed E-state index contributed by atoms with van der Waals surface area (Å²) in [5.41, 5.74) is 1.85. The van der Waals surface area contributed by atoms with Gasteiger partial charge in [-0.15, -0.1) is 0 Å². The van der Waals surface area contributed by atoms with Crippen molar-refractivity contribution >= 4 is 11.6 Å². The topological polar surface area (TPSA) is 44.8 Å². The molecule has 1 amide bonds. The van der Waals surface area contributed by atoms with E-state index in [4.69, 9.17) is 4.74 Å². The number of carbonyl (C=O) groups excluding carboxylic acids is 1. The van der Waals surface area contributed by atoms with Crippen molar-refractivity contribution in [2.75, 3.05) is 44.7 Å². The lowest BCUT2D eigenvalue weighted by Gasteiger charge is -2.35. The second-order valence-electron chi connectivity index (χ2n) is 7.52. The molecule has 1 atom stereocenters. The van der Waals surface area contributed by atoms with Gasteiger partial charge in [0, 0.05) is 50.9 Å². The summed E-state index contributed by atoms with van der Waals surface area (Å²) in [4.78, 5) is 17.2. The number of morpholine rings is 1. The molecular formula is C23H30FN3O2. The minimum Gasteiger partial charge on any atom is -0.379 e. The number of hydrogen-bond donors (Lipinski definition) is 1. The summed E-state index contributed by atoms with van der Waals surface area (Å²) in [6.45, 7) is 8.11. The Kier molecular flexibility index (Phi) is 8.16. The zero-order valence-corrected chi connectivity index (χ0v) is 17.0. The van der Waals surface area contributed by atoms with Crippen LogP contribution in [0.3, 0.4) is 0 Å². The molecule has 0 radical (unpaired) electrons. The van der Waals surface area contributed by atoms with Crippen molar-refractivity contribution in [1.82, 2.24) is 9.80 Å². The van der Waals surface area contributed by atoms with Crippen molar-refractivity contribution in [3.8, 4) is 0 Å². The van der Waals surface area contributed by atoms with Gasteiger partial charge in [0.25, 0.3) is 0 Å². The first kappa shape index (κ1) is 21.4. The first-order valence-corrected chi connectivity index (χ1v) is 10.2. The molecule has 156 valence electrons. The van der Waals surface area contributed by atoms with Crippen molar-refractivity contribution < 1.29 is 13.9 Å². The van der Waals surface area contributed by atoms with Crippen LogP contribution < -0.4 is 5.32 Å². The van der Waals surface area contributed by atoms with Crippen LogP contribution in [0.15, 0.2) is 54.6 Å². The number of nitrogens with one attached hydrogen (secondary N) is 1. The van der Waals surface area contributed by atoms with Crippen LogP contribution in [0.1, 0.15) is 18.9 Å². The maximum Gasteiger partial charge on any atom is 0.225 e. The van der Waals surface area contributed by atoms with Crippen molar-refractivity contribution in [2.45, 2.75) is 25.9 Å². The Bertz CT molecular complexity index is 748. The fraction of sp³-hybridized carbons (Fsp3) is 0.435. The van der Waals surface area contributed by atoms with E-state index in [1.54, 1.807) is 12.1 Å². The number of carbonyl (C=O) groups is 1. The number of amides is 1. The minimum atomic E-state index is -0.311. The Morgan fingerprint density at radius 1 is 1.14 bits per heavy atom. The molecule has 3 rings (SSSR count). The molecule has 2 aromatic rings. The lowest BCUT2D eigenvalue weighted by molar-refractivity contribution is -0.116. The quantitative estimate of drug-likeness (QED) is 0.702. The molecule has 1 heterocycles. The largest absolute Gasteiger partial charge is 0.379 e. The number of anilines is 1. The van der Waals surface area contributed by atoms with Gasteiger partial charge in [0.05, 0.1) is 13.2 Å². The van der Waals surface area contributed by atoms with E-state index < -0.39 is 0 Å². The second-order valence-corrected chi connectivity index (χ2v) is 7.52. The Labute approximate surface area is 172 Å². The van der Waals surface area contributed by atoms with Crippen LogP contribution in [0.25, 0.3) is 0 Å². The Balaban J connectivity index is 1.57. The first-order chi connectivity index (χ1) is 14.1. The molecule has 1 saturated heterocycles. The van der Waals surface area contributed by atoms with Gasteiger partial charge >= 0.3 is 0 Å². The number of hydrogen-bond acceptors (Lipinski definition) is 4. The second kappa shape index (κ2) is 11.0. The average Bonchev–Trinajstić information content (AvgIpc) is 2.74. The van der Waals surface area contributed by atoms with Crippen LogP contribution in [-0.4, -0.2) is 61.1 Å². The summed E-state index contributed by atoms with van der Waals surface area (Å²) in [6.07, 6.45) is 0.387. The third-order valence-electron chi connectivity index (χ3n) is 5.23. The molecule has 6 heteroatoms. The molecule has 1 aliphatic rings. The summed E-state index contributed by atoms with van der Waals surface area (Å²) in [7, 11) is 0. The van der Waals surface area contributed by atoms with Gasteiger partial charge in [0.2, 0.25) is 5.91 Å². The molecule has 1 unspecified atom stereocenters. The molecule has 1 fully saturated rings. The van der Waals surface area contributed by atoms with Gasteiger partial charge in [-0.3, -0.25) is 14.6 Å². The van der Waals surface area contributed by atoms with Crippen molar-refractivity contribution in [2.24, 2.45) is 0 Å². The highest BCUT2D eigenvalue weighted by Crippen LogP contribution is 2.13. The smallest absolute Gasteiger partial charge is 0.225 e. The van der Waals surface area contributed by atoms with Crippen molar-refractivity contribution in [1.29, 1.82) is 0 Å². The van der Waals surface area contributed by atoms with Crippen molar-refractivity contribution in [3.63, 3.8) is 0 Å². The molecular weight excluding hydrogens is 369 g/mol. The third kappa shape index (κ3) is 7.24. The van der Waals surface area contributed by atoms with E-state index in [0.29, 0.717) is 24.7 Å². The highest BCUT2D eigenvalue weighted by Gasteiger charge is 2.20. The zero-order valence-electron chi connectivity index (χ0n) is 17.0. The van der Waals surface area contributed by atoms with Crippen LogP contribution >= 0.6 is 0 Å². The lowest BCUT2D eigenvalue weighted by Crippen LogP contribution is -2.46. The van der Waals surface area contributed by atoms with E-state index in [-0.39, 0.29) is 11.7 Å². The number of nitrogens with zero attached hydrogens (tertiary/aromatic N) is 2. The number of ether oxygens (including phenoxy) is 1. The SMILES string of the molecule is CC(CN1CCOCC1)N(CCC(=O)Nc1ccc(F)cc1)Cc1ccccc1. The standard InChI is InChI=1S/C23H30FN3O2/c1-19(17-26-13-15-29-16-14-26)27(18-20-5-3-2-4-6-20)12-11-23(28)25-22-9-7-21(24)8-10-22/h2-10,19H,11-18H2,1H3,(H,25,28).